The molecule has 26 heavy (non-hydrogen) atoms. The molecule has 2 aromatic rings. The number of amides is 1. The largest absolute Gasteiger partial charge is 0.486 e. The van der Waals surface area contributed by atoms with Gasteiger partial charge in [-0.05, 0) is 55.8 Å². The molecule has 138 valence electrons. The molecule has 0 bridgehead atoms. The summed E-state index contributed by atoms with van der Waals surface area (Å²) in [7, 11) is 0. The summed E-state index contributed by atoms with van der Waals surface area (Å²) in [6, 6.07) is 13.4. The first-order valence-electron chi connectivity index (χ1n) is 8.85. The lowest BCUT2D eigenvalue weighted by Gasteiger charge is -2.26. The number of fused-ring (bicyclic) bond motifs is 1. The lowest BCUT2D eigenvalue weighted by Crippen LogP contribution is -2.38. The number of nitrogens with one attached hydrogen (secondary N) is 2. The Hall–Kier alpha value is -2.60. The molecule has 0 radical (unpaired) electrons. The number of carbonyl (C=O) groups is 1. The average molecular weight is 358 g/mol. The number of anilines is 1. The van der Waals surface area contributed by atoms with Gasteiger partial charge < -0.3 is 20.1 Å². The van der Waals surface area contributed by atoms with E-state index < -0.39 is 0 Å². The minimum atomic E-state index is -0.315. The highest BCUT2D eigenvalue weighted by atomic mass is 19.1. The highest BCUT2D eigenvalue weighted by molar-refractivity contribution is 5.90. The van der Waals surface area contributed by atoms with Crippen molar-refractivity contribution in [1.29, 1.82) is 0 Å². The summed E-state index contributed by atoms with van der Waals surface area (Å²) in [5.74, 6) is 1.20. The first-order chi connectivity index (χ1) is 12.7. The van der Waals surface area contributed by atoms with Gasteiger partial charge in [-0.25, -0.2) is 4.39 Å². The second-order valence-electron chi connectivity index (χ2n) is 6.21. The second kappa shape index (κ2) is 9.20. The van der Waals surface area contributed by atoms with Gasteiger partial charge in [0, 0.05) is 18.7 Å². The maximum absolute atomic E-state index is 12.8. The van der Waals surface area contributed by atoms with E-state index in [1.54, 1.807) is 12.1 Å². The summed E-state index contributed by atoms with van der Waals surface area (Å²) in [4.78, 5) is 11.8. The molecule has 1 heterocycles. The minimum Gasteiger partial charge on any atom is -0.486 e. The number of carbonyl (C=O) groups excluding carboxylic acids is 1. The number of hydrogen-bond donors (Lipinski definition) is 2. The molecule has 1 atom stereocenters. The number of ether oxygens (including phenoxy) is 2. The highest BCUT2D eigenvalue weighted by Crippen LogP contribution is 2.30. The number of unbranched alkanes of at least 4 members (excludes halogenated alkanes) is 1. The van der Waals surface area contributed by atoms with Crippen LogP contribution in [0.1, 0.15) is 19.3 Å². The molecule has 2 aromatic carbocycles. The van der Waals surface area contributed by atoms with E-state index in [2.05, 4.69) is 10.6 Å². The van der Waals surface area contributed by atoms with Gasteiger partial charge in [0.2, 0.25) is 5.91 Å². The monoisotopic (exact) mass is 358 g/mol. The van der Waals surface area contributed by atoms with Gasteiger partial charge in [0.15, 0.2) is 11.5 Å². The first-order valence-corrected chi connectivity index (χ1v) is 8.85. The predicted molar refractivity (Wildman–Crippen MR) is 98.1 cm³/mol. The van der Waals surface area contributed by atoms with Crippen LogP contribution in [0.5, 0.6) is 11.5 Å². The summed E-state index contributed by atoms with van der Waals surface area (Å²) in [6.45, 7) is 2.05. The van der Waals surface area contributed by atoms with Gasteiger partial charge in [-0.15, -0.1) is 0 Å². The van der Waals surface area contributed by atoms with Crippen LogP contribution in [-0.4, -0.2) is 31.7 Å². The zero-order valence-electron chi connectivity index (χ0n) is 14.5. The van der Waals surface area contributed by atoms with Crippen LogP contribution >= 0.6 is 0 Å². The molecule has 1 amide bonds. The molecule has 0 aliphatic carbocycles. The molecular formula is C20H23FN2O3. The van der Waals surface area contributed by atoms with Gasteiger partial charge in [-0.2, -0.15) is 0 Å². The van der Waals surface area contributed by atoms with Crippen molar-refractivity contribution in [2.75, 3.05) is 25.0 Å². The van der Waals surface area contributed by atoms with E-state index in [0.717, 1.165) is 30.9 Å². The van der Waals surface area contributed by atoms with Crippen molar-refractivity contribution in [3.8, 4) is 11.5 Å². The average Bonchev–Trinajstić information content (AvgIpc) is 2.66. The molecule has 2 N–H and O–H groups in total. The zero-order valence-corrected chi connectivity index (χ0v) is 14.5. The van der Waals surface area contributed by atoms with E-state index in [1.165, 1.54) is 12.1 Å². The van der Waals surface area contributed by atoms with Gasteiger partial charge in [-0.3, -0.25) is 4.79 Å². The standard InChI is InChI=1S/C20H23FN2O3/c21-15-8-10-16(11-9-15)23-20(24)7-3-4-12-22-13-17-14-25-18-5-1-2-6-19(18)26-17/h1-2,5-6,8-11,17,22H,3-4,7,12-14H2,(H,23,24). The first kappa shape index (κ1) is 18.2. The summed E-state index contributed by atoms with van der Waals surface area (Å²) >= 11 is 0. The van der Waals surface area contributed by atoms with Crippen molar-refractivity contribution in [3.05, 3.63) is 54.3 Å². The fraction of sp³-hybridized carbons (Fsp3) is 0.350. The third-order valence-corrected chi connectivity index (χ3v) is 4.07. The van der Waals surface area contributed by atoms with E-state index in [1.807, 2.05) is 24.3 Å². The number of benzene rings is 2. The van der Waals surface area contributed by atoms with Crippen LogP contribution in [0.2, 0.25) is 0 Å². The van der Waals surface area contributed by atoms with Crippen LogP contribution in [0, 0.1) is 5.82 Å². The molecule has 3 rings (SSSR count). The molecule has 1 unspecified atom stereocenters. The Bertz CT molecular complexity index is 721. The SMILES string of the molecule is O=C(CCCCNCC1COc2ccccc2O1)Nc1ccc(F)cc1. The van der Waals surface area contributed by atoms with Crippen LogP contribution in [0.4, 0.5) is 10.1 Å². The van der Waals surface area contributed by atoms with Crippen molar-refractivity contribution in [3.63, 3.8) is 0 Å². The molecule has 0 aromatic heterocycles. The molecular weight excluding hydrogens is 335 g/mol. The predicted octanol–water partition coefficient (Wildman–Crippen LogP) is 3.36. The molecule has 0 saturated heterocycles. The smallest absolute Gasteiger partial charge is 0.224 e. The Balaban J connectivity index is 1.26. The third kappa shape index (κ3) is 5.46. The van der Waals surface area contributed by atoms with Gasteiger partial charge in [-0.1, -0.05) is 12.1 Å². The normalized spacial score (nSPS) is 15.5. The molecule has 0 saturated carbocycles. The Labute approximate surface area is 152 Å². The van der Waals surface area contributed by atoms with Crippen LogP contribution in [0.25, 0.3) is 0 Å². The van der Waals surface area contributed by atoms with Crippen LogP contribution in [0.15, 0.2) is 48.5 Å². The maximum Gasteiger partial charge on any atom is 0.224 e. The molecule has 0 fully saturated rings. The van der Waals surface area contributed by atoms with Crippen molar-refractivity contribution < 1.29 is 18.7 Å². The summed E-state index contributed by atoms with van der Waals surface area (Å²) in [5, 5.41) is 6.10. The van der Waals surface area contributed by atoms with Crippen molar-refractivity contribution in [2.24, 2.45) is 0 Å². The number of hydrogen-bond acceptors (Lipinski definition) is 4. The van der Waals surface area contributed by atoms with Gasteiger partial charge >= 0.3 is 0 Å². The van der Waals surface area contributed by atoms with Gasteiger partial charge in [0.1, 0.15) is 18.5 Å². The number of halogens is 1. The third-order valence-electron chi connectivity index (χ3n) is 4.07. The van der Waals surface area contributed by atoms with E-state index in [0.29, 0.717) is 25.3 Å². The zero-order chi connectivity index (χ0) is 18.2. The van der Waals surface area contributed by atoms with Crippen LogP contribution in [-0.2, 0) is 4.79 Å². The minimum absolute atomic E-state index is 0.00771. The Morgan fingerprint density at radius 3 is 2.65 bits per heavy atom. The molecule has 0 spiro atoms. The lowest BCUT2D eigenvalue weighted by atomic mass is 10.2. The number of rotatable bonds is 8. The molecule has 5 nitrogen and oxygen atoms in total. The fourth-order valence-electron chi connectivity index (χ4n) is 2.72. The fourth-order valence-corrected chi connectivity index (χ4v) is 2.72. The summed E-state index contributed by atoms with van der Waals surface area (Å²) in [5.41, 5.74) is 0.615. The van der Waals surface area contributed by atoms with Crippen LogP contribution < -0.4 is 20.1 Å². The van der Waals surface area contributed by atoms with E-state index >= 15 is 0 Å². The highest BCUT2D eigenvalue weighted by Gasteiger charge is 2.19. The Morgan fingerprint density at radius 2 is 1.85 bits per heavy atom. The van der Waals surface area contributed by atoms with E-state index in [9.17, 15) is 9.18 Å². The van der Waals surface area contributed by atoms with Gasteiger partial charge in [0.05, 0.1) is 0 Å². The second-order valence-corrected chi connectivity index (χ2v) is 6.21. The molecule has 6 heteroatoms. The van der Waals surface area contributed by atoms with E-state index in [-0.39, 0.29) is 17.8 Å². The summed E-state index contributed by atoms with van der Waals surface area (Å²) < 4.78 is 24.4. The van der Waals surface area contributed by atoms with Crippen LogP contribution in [0.3, 0.4) is 0 Å². The Kier molecular flexibility index (Phi) is 6.44. The quantitative estimate of drug-likeness (QED) is 0.711. The maximum atomic E-state index is 12.8. The number of para-hydroxylation sites is 2. The van der Waals surface area contributed by atoms with E-state index in [4.69, 9.17) is 9.47 Å². The van der Waals surface area contributed by atoms with Gasteiger partial charge in [0.25, 0.3) is 0 Å². The van der Waals surface area contributed by atoms with Crippen molar-refractivity contribution >= 4 is 11.6 Å². The van der Waals surface area contributed by atoms with Crippen molar-refractivity contribution in [2.45, 2.75) is 25.4 Å². The Morgan fingerprint density at radius 1 is 1.08 bits per heavy atom. The summed E-state index contributed by atoms with van der Waals surface area (Å²) in [6.07, 6.45) is 2.10. The van der Waals surface area contributed by atoms with Crippen molar-refractivity contribution in [1.82, 2.24) is 5.32 Å². The molecule has 1 aliphatic rings. The molecule has 1 aliphatic heterocycles. The lowest BCUT2D eigenvalue weighted by molar-refractivity contribution is -0.116. The topological polar surface area (TPSA) is 59.6 Å².